The molecular formula is C12H14F3N3O4. The van der Waals surface area contributed by atoms with Crippen molar-refractivity contribution in [3.8, 4) is 0 Å². The first-order chi connectivity index (χ1) is 9.95. The van der Waals surface area contributed by atoms with Crippen LogP contribution in [0.25, 0.3) is 0 Å². The quantitative estimate of drug-likeness (QED) is 0.610. The van der Waals surface area contributed by atoms with Crippen molar-refractivity contribution in [3.05, 3.63) is 37.9 Å². The van der Waals surface area contributed by atoms with Gasteiger partial charge in [-0.3, -0.25) is 20.2 Å². The highest BCUT2D eigenvalue weighted by Crippen LogP contribution is 2.42. The Labute approximate surface area is 123 Å². The summed E-state index contributed by atoms with van der Waals surface area (Å²) in [7, 11) is 1.36. The standard InChI is InChI=1S/C12H14F3N3O4/c1-7(2)6-16(3)11-9(17(19)20)4-8(12(13,14)15)5-10(11)18(21)22/h4-5,7H,6H2,1-3H3. The van der Waals surface area contributed by atoms with Gasteiger partial charge in [0.2, 0.25) is 0 Å². The normalized spacial score (nSPS) is 11.6. The average molecular weight is 321 g/mol. The molecule has 0 amide bonds. The second kappa shape index (κ2) is 6.16. The van der Waals surface area contributed by atoms with E-state index in [1.807, 2.05) is 0 Å². The largest absolute Gasteiger partial charge is 0.416 e. The van der Waals surface area contributed by atoms with Gasteiger partial charge in [-0.25, -0.2) is 0 Å². The highest BCUT2D eigenvalue weighted by Gasteiger charge is 2.38. The maximum Gasteiger partial charge on any atom is 0.416 e. The third kappa shape index (κ3) is 3.83. The van der Waals surface area contributed by atoms with Gasteiger partial charge in [0.25, 0.3) is 11.4 Å². The zero-order valence-electron chi connectivity index (χ0n) is 12.0. The minimum Gasteiger partial charge on any atom is -0.363 e. The summed E-state index contributed by atoms with van der Waals surface area (Å²) in [6.07, 6.45) is -4.91. The molecule has 0 atom stereocenters. The van der Waals surface area contributed by atoms with Crippen LogP contribution in [0.15, 0.2) is 12.1 Å². The first kappa shape index (κ1) is 17.7. The summed E-state index contributed by atoms with van der Waals surface area (Å²) in [6, 6.07) is 0.637. The molecule has 0 aliphatic rings. The number of hydrogen-bond acceptors (Lipinski definition) is 5. The SMILES string of the molecule is CC(C)CN(C)c1c([N+](=O)[O-])cc(C(F)(F)F)cc1[N+](=O)[O-]. The zero-order valence-corrected chi connectivity index (χ0v) is 12.0. The molecule has 0 aliphatic heterocycles. The molecule has 0 saturated heterocycles. The number of anilines is 1. The predicted octanol–water partition coefficient (Wildman–Crippen LogP) is 3.61. The van der Waals surface area contributed by atoms with Crippen molar-refractivity contribution >= 4 is 17.1 Å². The van der Waals surface area contributed by atoms with Gasteiger partial charge < -0.3 is 4.90 Å². The van der Waals surface area contributed by atoms with Gasteiger partial charge >= 0.3 is 6.18 Å². The molecule has 1 rings (SSSR count). The number of rotatable bonds is 5. The van der Waals surface area contributed by atoms with E-state index in [0.29, 0.717) is 12.1 Å². The topological polar surface area (TPSA) is 89.5 Å². The molecule has 0 unspecified atom stereocenters. The monoisotopic (exact) mass is 321 g/mol. The maximum absolute atomic E-state index is 12.8. The van der Waals surface area contributed by atoms with Gasteiger partial charge in [-0.2, -0.15) is 13.2 Å². The van der Waals surface area contributed by atoms with Crippen molar-refractivity contribution in [2.24, 2.45) is 5.92 Å². The summed E-state index contributed by atoms with van der Waals surface area (Å²) < 4.78 is 38.3. The predicted molar refractivity (Wildman–Crippen MR) is 72.9 cm³/mol. The highest BCUT2D eigenvalue weighted by molar-refractivity contribution is 5.76. The molecule has 1 aromatic carbocycles. The molecule has 0 bridgehead atoms. The summed E-state index contributed by atoms with van der Waals surface area (Å²) >= 11 is 0. The molecule has 0 aliphatic carbocycles. The van der Waals surface area contributed by atoms with Crippen molar-refractivity contribution in [3.63, 3.8) is 0 Å². The van der Waals surface area contributed by atoms with Crippen LogP contribution < -0.4 is 4.90 Å². The van der Waals surface area contributed by atoms with Gasteiger partial charge in [-0.15, -0.1) is 0 Å². The number of hydrogen-bond donors (Lipinski definition) is 0. The smallest absolute Gasteiger partial charge is 0.363 e. The first-order valence-corrected chi connectivity index (χ1v) is 6.20. The molecule has 10 heteroatoms. The first-order valence-electron chi connectivity index (χ1n) is 6.20. The number of alkyl halides is 3. The van der Waals surface area contributed by atoms with Crippen LogP contribution in [0, 0.1) is 26.1 Å². The number of nitrogens with zero attached hydrogens (tertiary/aromatic N) is 3. The van der Waals surface area contributed by atoms with E-state index >= 15 is 0 Å². The number of nitro groups is 2. The molecular weight excluding hydrogens is 307 g/mol. The Balaban J connectivity index is 3.65. The Hall–Kier alpha value is -2.39. The zero-order chi connectivity index (χ0) is 17.2. The Kier molecular flexibility index (Phi) is 4.94. The van der Waals surface area contributed by atoms with E-state index in [2.05, 4.69) is 0 Å². The summed E-state index contributed by atoms with van der Waals surface area (Å²) in [6.45, 7) is 3.77. The fraction of sp³-hybridized carbons (Fsp3) is 0.500. The van der Waals surface area contributed by atoms with Gasteiger partial charge in [-0.1, -0.05) is 13.8 Å². The van der Waals surface area contributed by atoms with Crippen molar-refractivity contribution < 1.29 is 23.0 Å². The van der Waals surface area contributed by atoms with E-state index in [0.717, 1.165) is 0 Å². The lowest BCUT2D eigenvalue weighted by molar-refractivity contribution is -0.393. The van der Waals surface area contributed by atoms with Crippen molar-refractivity contribution in [1.82, 2.24) is 0 Å². The van der Waals surface area contributed by atoms with Gasteiger partial charge in [-0.05, 0) is 5.92 Å². The number of halogens is 3. The second-order valence-corrected chi connectivity index (χ2v) is 5.15. The third-order valence-electron chi connectivity index (χ3n) is 2.81. The lowest BCUT2D eigenvalue weighted by atomic mass is 10.1. The molecule has 1 aromatic rings. The lowest BCUT2D eigenvalue weighted by Crippen LogP contribution is -2.24. The molecule has 122 valence electrons. The van der Waals surface area contributed by atoms with Crippen LogP contribution in [0.5, 0.6) is 0 Å². The van der Waals surface area contributed by atoms with Crippen molar-refractivity contribution in [2.75, 3.05) is 18.5 Å². The number of nitro benzene ring substituents is 2. The molecule has 0 heterocycles. The molecule has 0 N–H and O–H groups in total. The van der Waals surface area contributed by atoms with Crippen LogP contribution in [-0.2, 0) is 6.18 Å². The Morgan fingerprint density at radius 2 is 1.55 bits per heavy atom. The van der Waals surface area contributed by atoms with Crippen LogP contribution in [0.2, 0.25) is 0 Å². The van der Waals surface area contributed by atoms with Gasteiger partial charge in [0, 0.05) is 25.7 Å². The van der Waals surface area contributed by atoms with E-state index in [9.17, 15) is 33.4 Å². The summed E-state index contributed by atoms with van der Waals surface area (Å²) in [5.41, 5.74) is -3.74. The van der Waals surface area contributed by atoms with Gasteiger partial charge in [0.05, 0.1) is 15.4 Å². The van der Waals surface area contributed by atoms with Crippen molar-refractivity contribution in [2.45, 2.75) is 20.0 Å². The molecule has 0 radical (unpaired) electrons. The van der Waals surface area contributed by atoms with Gasteiger partial charge in [0.1, 0.15) is 0 Å². The molecule has 7 nitrogen and oxygen atoms in total. The fourth-order valence-electron chi connectivity index (χ4n) is 2.08. The van der Waals surface area contributed by atoms with E-state index in [1.54, 1.807) is 13.8 Å². The maximum atomic E-state index is 12.8. The third-order valence-corrected chi connectivity index (χ3v) is 2.81. The molecule has 0 aromatic heterocycles. The summed E-state index contributed by atoms with van der Waals surface area (Å²) in [5.74, 6) is 0.00602. The van der Waals surface area contributed by atoms with E-state index in [1.165, 1.54) is 11.9 Å². The Bertz CT molecular complexity index is 567. The average Bonchev–Trinajstić information content (AvgIpc) is 2.34. The molecule has 22 heavy (non-hydrogen) atoms. The lowest BCUT2D eigenvalue weighted by Gasteiger charge is -2.21. The van der Waals surface area contributed by atoms with E-state index in [4.69, 9.17) is 0 Å². The Morgan fingerprint density at radius 1 is 1.14 bits per heavy atom. The number of benzene rings is 1. The van der Waals surface area contributed by atoms with Crippen LogP contribution in [0.3, 0.4) is 0 Å². The van der Waals surface area contributed by atoms with Crippen LogP contribution >= 0.6 is 0 Å². The summed E-state index contributed by atoms with van der Waals surface area (Å²) in [4.78, 5) is 21.2. The van der Waals surface area contributed by atoms with E-state index in [-0.39, 0.29) is 12.5 Å². The van der Waals surface area contributed by atoms with Crippen molar-refractivity contribution in [1.29, 1.82) is 0 Å². The second-order valence-electron chi connectivity index (χ2n) is 5.15. The van der Waals surface area contributed by atoms with Crippen LogP contribution in [0.1, 0.15) is 19.4 Å². The minimum atomic E-state index is -4.91. The fourth-order valence-corrected chi connectivity index (χ4v) is 2.08. The molecule has 0 saturated carbocycles. The summed E-state index contributed by atoms with van der Waals surface area (Å²) in [5, 5.41) is 22.1. The Morgan fingerprint density at radius 3 is 1.82 bits per heavy atom. The molecule has 0 spiro atoms. The van der Waals surface area contributed by atoms with Gasteiger partial charge in [0.15, 0.2) is 5.69 Å². The highest BCUT2D eigenvalue weighted by atomic mass is 19.4. The van der Waals surface area contributed by atoms with E-state index < -0.39 is 38.6 Å². The van der Waals surface area contributed by atoms with Crippen LogP contribution in [-0.4, -0.2) is 23.4 Å². The minimum absolute atomic E-state index is 0.00602. The van der Waals surface area contributed by atoms with Crippen LogP contribution in [0.4, 0.5) is 30.2 Å². The molecule has 0 fully saturated rings.